The Labute approximate surface area is 127 Å². The number of likely N-dealkylation sites (tertiary alicyclic amines) is 1. The van der Waals surface area contributed by atoms with Crippen LogP contribution in [0.5, 0.6) is 0 Å². The second kappa shape index (κ2) is 7.12. The summed E-state index contributed by atoms with van der Waals surface area (Å²) in [6, 6.07) is 7.73. The van der Waals surface area contributed by atoms with Gasteiger partial charge in [-0.05, 0) is 36.5 Å². The standard InChI is InChI=1S/C17H24ClNO/c1-13(2)16(14-7-9-15(18)10-8-14)17(20)19-11-5-3-4-6-12-19/h7-10,13,16H,3-6,11-12H2,1-2H3. The third-order valence-corrected chi connectivity index (χ3v) is 4.33. The molecule has 1 aliphatic rings. The molecule has 0 spiro atoms. The van der Waals surface area contributed by atoms with E-state index in [4.69, 9.17) is 11.6 Å². The van der Waals surface area contributed by atoms with E-state index >= 15 is 0 Å². The topological polar surface area (TPSA) is 20.3 Å². The van der Waals surface area contributed by atoms with E-state index in [0.29, 0.717) is 5.92 Å². The quantitative estimate of drug-likeness (QED) is 0.804. The van der Waals surface area contributed by atoms with Crippen molar-refractivity contribution in [3.05, 3.63) is 34.9 Å². The first kappa shape index (κ1) is 15.4. The van der Waals surface area contributed by atoms with E-state index in [2.05, 4.69) is 18.7 Å². The van der Waals surface area contributed by atoms with Gasteiger partial charge in [-0.3, -0.25) is 4.79 Å². The van der Waals surface area contributed by atoms with E-state index in [1.54, 1.807) is 0 Å². The molecule has 1 saturated heterocycles. The molecular weight excluding hydrogens is 270 g/mol. The lowest BCUT2D eigenvalue weighted by Crippen LogP contribution is -2.37. The minimum Gasteiger partial charge on any atom is -0.342 e. The van der Waals surface area contributed by atoms with Crippen molar-refractivity contribution in [2.24, 2.45) is 5.92 Å². The maximum atomic E-state index is 12.9. The first-order chi connectivity index (χ1) is 9.59. The fourth-order valence-corrected chi connectivity index (χ4v) is 3.10. The summed E-state index contributed by atoms with van der Waals surface area (Å²) >= 11 is 5.95. The number of hydrogen-bond acceptors (Lipinski definition) is 1. The Morgan fingerprint density at radius 2 is 1.60 bits per heavy atom. The number of nitrogens with zero attached hydrogens (tertiary/aromatic N) is 1. The van der Waals surface area contributed by atoms with Crippen molar-refractivity contribution in [1.82, 2.24) is 4.90 Å². The molecule has 0 aliphatic carbocycles. The van der Waals surface area contributed by atoms with Crippen molar-refractivity contribution in [1.29, 1.82) is 0 Å². The zero-order valence-corrected chi connectivity index (χ0v) is 13.2. The molecule has 3 heteroatoms. The smallest absolute Gasteiger partial charge is 0.230 e. The Bertz CT molecular complexity index is 433. The van der Waals surface area contributed by atoms with Gasteiger partial charge in [0.2, 0.25) is 5.91 Å². The van der Waals surface area contributed by atoms with Gasteiger partial charge in [0.1, 0.15) is 0 Å². The highest BCUT2D eigenvalue weighted by Gasteiger charge is 2.28. The molecule has 20 heavy (non-hydrogen) atoms. The summed E-state index contributed by atoms with van der Waals surface area (Å²) in [6.45, 7) is 6.06. The minimum atomic E-state index is -0.0506. The predicted molar refractivity (Wildman–Crippen MR) is 84.1 cm³/mol. The molecule has 110 valence electrons. The molecule has 1 heterocycles. The van der Waals surface area contributed by atoms with Crippen molar-refractivity contribution >= 4 is 17.5 Å². The zero-order valence-electron chi connectivity index (χ0n) is 12.4. The minimum absolute atomic E-state index is 0.0506. The van der Waals surface area contributed by atoms with Crippen molar-refractivity contribution < 1.29 is 4.79 Å². The van der Waals surface area contributed by atoms with Gasteiger partial charge >= 0.3 is 0 Å². The fourth-order valence-electron chi connectivity index (χ4n) is 2.97. The maximum Gasteiger partial charge on any atom is 0.230 e. The molecule has 0 N–H and O–H groups in total. The van der Waals surface area contributed by atoms with Gasteiger partial charge in [0.05, 0.1) is 5.92 Å². The highest BCUT2D eigenvalue weighted by molar-refractivity contribution is 6.30. The molecule has 1 amide bonds. The van der Waals surface area contributed by atoms with E-state index in [0.717, 1.165) is 36.5 Å². The van der Waals surface area contributed by atoms with Gasteiger partial charge in [-0.15, -0.1) is 0 Å². The fraction of sp³-hybridized carbons (Fsp3) is 0.588. The van der Waals surface area contributed by atoms with E-state index < -0.39 is 0 Å². The van der Waals surface area contributed by atoms with Gasteiger partial charge in [-0.2, -0.15) is 0 Å². The molecule has 1 aromatic rings. The zero-order chi connectivity index (χ0) is 14.5. The van der Waals surface area contributed by atoms with Crippen molar-refractivity contribution in [2.75, 3.05) is 13.1 Å². The monoisotopic (exact) mass is 293 g/mol. The van der Waals surface area contributed by atoms with E-state index in [-0.39, 0.29) is 11.8 Å². The number of amides is 1. The average Bonchev–Trinajstić information content (AvgIpc) is 2.69. The van der Waals surface area contributed by atoms with Crippen LogP contribution >= 0.6 is 11.6 Å². The van der Waals surface area contributed by atoms with Gasteiger partial charge in [0.25, 0.3) is 0 Å². The molecule has 2 nitrogen and oxygen atoms in total. The second-order valence-electron chi connectivity index (χ2n) is 6.01. The number of halogens is 1. The normalized spacial score (nSPS) is 17.9. The van der Waals surface area contributed by atoms with E-state index in [1.807, 2.05) is 24.3 Å². The molecule has 1 atom stereocenters. The van der Waals surface area contributed by atoms with Crippen LogP contribution in [0.4, 0.5) is 0 Å². The summed E-state index contributed by atoms with van der Waals surface area (Å²) < 4.78 is 0. The molecule has 1 fully saturated rings. The number of carbonyl (C=O) groups is 1. The highest BCUT2D eigenvalue weighted by atomic mass is 35.5. The summed E-state index contributed by atoms with van der Waals surface area (Å²) in [5.41, 5.74) is 1.08. The molecule has 1 aromatic carbocycles. The predicted octanol–water partition coefficient (Wildman–Crippen LogP) is 4.48. The van der Waals surface area contributed by atoms with Gasteiger partial charge in [-0.1, -0.05) is 50.4 Å². The van der Waals surface area contributed by atoms with Crippen LogP contribution in [0.15, 0.2) is 24.3 Å². The van der Waals surface area contributed by atoms with Crippen LogP contribution < -0.4 is 0 Å². The van der Waals surface area contributed by atoms with Gasteiger partial charge in [0, 0.05) is 18.1 Å². The number of hydrogen-bond donors (Lipinski definition) is 0. The Morgan fingerprint density at radius 1 is 1.05 bits per heavy atom. The number of rotatable bonds is 3. The van der Waals surface area contributed by atoms with Gasteiger partial charge < -0.3 is 4.90 Å². The molecule has 0 aromatic heterocycles. The van der Waals surface area contributed by atoms with Crippen LogP contribution in [0, 0.1) is 5.92 Å². The van der Waals surface area contributed by atoms with Gasteiger partial charge in [-0.25, -0.2) is 0 Å². The van der Waals surface area contributed by atoms with Crippen molar-refractivity contribution in [3.8, 4) is 0 Å². The highest BCUT2D eigenvalue weighted by Crippen LogP contribution is 2.28. The number of carbonyl (C=O) groups excluding carboxylic acids is 1. The summed E-state index contributed by atoms with van der Waals surface area (Å²) in [5, 5.41) is 0.721. The van der Waals surface area contributed by atoms with E-state index in [1.165, 1.54) is 12.8 Å². The van der Waals surface area contributed by atoms with Crippen LogP contribution in [0.3, 0.4) is 0 Å². The Balaban J connectivity index is 2.19. The summed E-state index contributed by atoms with van der Waals surface area (Å²) in [4.78, 5) is 14.9. The molecule has 1 aliphatic heterocycles. The Kier molecular flexibility index (Phi) is 5.47. The van der Waals surface area contributed by atoms with Gasteiger partial charge in [0.15, 0.2) is 0 Å². The van der Waals surface area contributed by atoms with Crippen LogP contribution in [-0.2, 0) is 4.79 Å². The van der Waals surface area contributed by atoms with Crippen molar-refractivity contribution in [3.63, 3.8) is 0 Å². The van der Waals surface area contributed by atoms with E-state index in [9.17, 15) is 4.79 Å². The third kappa shape index (κ3) is 3.76. The molecule has 2 rings (SSSR count). The molecule has 0 radical (unpaired) electrons. The van der Waals surface area contributed by atoms with Crippen LogP contribution in [0.1, 0.15) is 51.0 Å². The second-order valence-corrected chi connectivity index (χ2v) is 6.45. The summed E-state index contributed by atoms with van der Waals surface area (Å²) in [5.74, 6) is 0.529. The molecule has 1 unspecified atom stereocenters. The van der Waals surface area contributed by atoms with Crippen LogP contribution in [-0.4, -0.2) is 23.9 Å². The lowest BCUT2D eigenvalue weighted by Gasteiger charge is -2.28. The molecule has 0 saturated carbocycles. The SMILES string of the molecule is CC(C)C(C(=O)N1CCCCCC1)c1ccc(Cl)cc1. The largest absolute Gasteiger partial charge is 0.342 e. The Hall–Kier alpha value is -1.02. The van der Waals surface area contributed by atoms with Crippen LogP contribution in [0.25, 0.3) is 0 Å². The first-order valence-electron chi connectivity index (χ1n) is 7.64. The third-order valence-electron chi connectivity index (χ3n) is 4.08. The summed E-state index contributed by atoms with van der Waals surface area (Å²) in [7, 11) is 0. The lowest BCUT2D eigenvalue weighted by atomic mass is 9.87. The molecule has 0 bridgehead atoms. The number of benzene rings is 1. The Morgan fingerprint density at radius 3 is 2.10 bits per heavy atom. The maximum absolute atomic E-state index is 12.9. The summed E-state index contributed by atoms with van der Waals surface area (Å²) in [6.07, 6.45) is 4.77. The van der Waals surface area contributed by atoms with Crippen LogP contribution in [0.2, 0.25) is 5.02 Å². The lowest BCUT2D eigenvalue weighted by molar-refractivity contribution is -0.133. The average molecular weight is 294 g/mol. The molecular formula is C17H24ClNO. The van der Waals surface area contributed by atoms with Crippen molar-refractivity contribution in [2.45, 2.75) is 45.4 Å². The first-order valence-corrected chi connectivity index (χ1v) is 8.01.